The van der Waals surface area contributed by atoms with Gasteiger partial charge >= 0.3 is 0 Å². The first-order valence-corrected chi connectivity index (χ1v) is 10.5. The zero-order valence-corrected chi connectivity index (χ0v) is 15.6. The van der Waals surface area contributed by atoms with Gasteiger partial charge in [-0.1, -0.05) is 6.92 Å². The average Bonchev–Trinajstić information content (AvgIpc) is 2.93. The number of hydrogen-bond acceptors (Lipinski definition) is 7. The molecule has 0 radical (unpaired) electrons. The van der Waals surface area contributed by atoms with Gasteiger partial charge in [0.05, 0.1) is 11.5 Å². The van der Waals surface area contributed by atoms with Crippen molar-refractivity contribution in [1.82, 2.24) is 14.9 Å². The van der Waals surface area contributed by atoms with E-state index in [-0.39, 0.29) is 17.5 Å². The number of nitrogens with zero attached hydrogens (tertiary/aromatic N) is 5. The molecule has 2 aliphatic heterocycles. The van der Waals surface area contributed by atoms with E-state index in [1.807, 2.05) is 24.9 Å². The molecule has 1 aromatic heterocycles. The molecule has 0 aliphatic carbocycles. The summed E-state index contributed by atoms with van der Waals surface area (Å²) in [6.07, 6.45) is 0.673. The molecule has 134 valence electrons. The van der Waals surface area contributed by atoms with Gasteiger partial charge in [-0.05, 0) is 19.9 Å². The van der Waals surface area contributed by atoms with Gasteiger partial charge in [0.2, 0.25) is 5.95 Å². The van der Waals surface area contributed by atoms with Crippen molar-refractivity contribution in [3.8, 4) is 0 Å². The fourth-order valence-corrected chi connectivity index (χ4v) is 5.17. The zero-order chi connectivity index (χ0) is 17.3. The second kappa shape index (κ2) is 6.84. The highest BCUT2D eigenvalue weighted by molar-refractivity contribution is 7.91. The second-order valence-electron chi connectivity index (χ2n) is 6.76. The van der Waals surface area contributed by atoms with Crippen LogP contribution in [0.25, 0.3) is 0 Å². The average molecular weight is 353 g/mol. The van der Waals surface area contributed by atoms with Crippen LogP contribution in [-0.4, -0.2) is 80.6 Å². The smallest absolute Gasteiger partial charge is 0.227 e. The van der Waals surface area contributed by atoms with Crippen molar-refractivity contribution in [3.05, 3.63) is 11.8 Å². The fourth-order valence-electron chi connectivity index (χ4n) is 3.39. The Labute approximate surface area is 144 Å². The number of aromatic nitrogens is 2. The first kappa shape index (κ1) is 17.4. The molecule has 0 N–H and O–H groups in total. The Kier molecular flexibility index (Phi) is 4.96. The molecule has 1 unspecified atom stereocenters. The summed E-state index contributed by atoms with van der Waals surface area (Å²) in [5.41, 5.74) is 0.917. The molecule has 7 nitrogen and oxygen atoms in total. The quantitative estimate of drug-likeness (QED) is 0.783. The van der Waals surface area contributed by atoms with Crippen molar-refractivity contribution >= 4 is 21.6 Å². The molecule has 1 atom stereocenters. The van der Waals surface area contributed by atoms with Gasteiger partial charge in [-0.15, -0.1) is 0 Å². The van der Waals surface area contributed by atoms with Crippen LogP contribution >= 0.6 is 0 Å². The van der Waals surface area contributed by atoms with Crippen molar-refractivity contribution in [2.24, 2.45) is 0 Å². The molecule has 24 heavy (non-hydrogen) atoms. The summed E-state index contributed by atoms with van der Waals surface area (Å²) in [7, 11) is -0.963. The molecule has 2 saturated heterocycles. The lowest BCUT2D eigenvalue weighted by atomic mass is 10.2. The van der Waals surface area contributed by atoms with Crippen molar-refractivity contribution in [2.75, 3.05) is 61.1 Å². The molecule has 3 rings (SSSR count). The maximum atomic E-state index is 11.7. The van der Waals surface area contributed by atoms with E-state index in [0.717, 1.165) is 50.2 Å². The van der Waals surface area contributed by atoms with Crippen molar-refractivity contribution in [1.29, 1.82) is 0 Å². The summed E-state index contributed by atoms with van der Waals surface area (Å²) in [5, 5.41) is 0. The lowest BCUT2D eigenvalue weighted by Crippen LogP contribution is -2.47. The molecular formula is C16H27N5O2S. The van der Waals surface area contributed by atoms with Crippen LogP contribution in [0.2, 0.25) is 0 Å². The second-order valence-corrected chi connectivity index (χ2v) is 8.99. The van der Waals surface area contributed by atoms with Gasteiger partial charge in [0, 0.05) is 51.0 Å². The van der Waals surface area contributed by atoms with Crippen LogP contribution < -0.4 is 9.80 Å². The highest BCUT2D eigenvalue weighted by Crippen LogP contribution is 2.24. The first-order valence-electron chi connectivity index (χ1n) is 8.64. The molecule has 0 aromatic carbocycles. The van der Waals surface area contributed by atoms with Crippen LogP contribution in [0.3, 0.4) is 0 Å². The zero-order valence-electron chi connectivity index (χ0n) is 14.8. The third-order valence-corrected chi connectivity index (χ3v) is 6.80. The third-order valence-electron chi connectivity index (χ3n) is 5.05. The molecule has 3 heterocycles. The fraction of sp³-hybridized carbons (Fsp3) is 0.750. The normalized spacial score (nSPS) is 24.3. The standard InChI is InChI=1S/C16H27N5O2S/c1-4-20-6-8-21(9-7-20)16-17-13(2)11-15(18-16)19(3)14-5-10-24(22,23)12-14/h11,14H,4-10,12H2,1-3H3. The molecule has 2 fully saturated rings. The summed E-state index contributed by atoms with van der Waals surface area (Å²) in [6, 6.07) is 1.95. The van der Waals surface area contributed by atoms with Gasteiger partial charge in [0.15, 0.2) is 9.84 Å². The van der Waals surface area contributed by atoms with Crippen LogP contribution in [-0.2, 0) is 9.84 Å². The maximum Gasteiger partial charge on any atom is 0.227 e. The summed E-state index contributed by atoms with van der Waals surface area (Å²) in [4.78, 5) is 16.0. The van der Waals surface area contributed by atoms with Gasteiger partial charge in [-0.25, -0.2) is 13.4 Å². The minimum atomic E-state index is -2.90. The molecule has 8 heteroatoms. The number of sulfone groups is 1. The summed E-state index contributed by atoms with van der Waals surface area (Å²) < 4.78 is 23.5. The van der Waals surface area contributed by atoms with Crippen LogP contribution in [0.4, 0.5) is 11.8 Å². The first-order chi connectivity index (χ1) is 11.4. The van der Waals surface area contributed by atoms with Crippen molar-refractivity contribution in [2.45, 2.75) is 26.3 Å². The third kappa shape index (κ3) is 3.80. The van der Waals surface area contributed by atoms with Crippen LogP contribution in [0.5, 0.6) is 0 Å². The molecular weight excluding hydrogens is 326 g/mol. The Bertz CT molecular complexity index is 686. The molecule has 0 amide bonds. The Morgan fingerprint density at radius 1 is 1.25 bits per heavy atom. The van der Waals surface area contributed by atoms with E-state index in [4.69, 9.17) is 4.98 Å². The van der Waals surface area contributed by atoms with E-state index in [1.165, 1.54) is 0 Å². The summed E-state index contributed by atoms with van der Waals surface area (Å²) >= 11 is 0. The largest absolute Gasteiger partial charge is 0.355 e. The Balaban J connectivity index is 1.77. The van der Waals surface area contributed by atoms with E-state index in [9.17, 15) is 8.42 Å². The molecule has 0 spiro atoms. The number of anilines is 2. The predicted molar refractivity (Wildman–Crippen MR) is 96.6 cm³/mol. The van der Waals surface area contributed by atoms with E-state index < -0.39 is 9.84 Å². The van der Waals surface area contributed by atoms with Crippen LogP contribution in [0.1, 0.15) is 19.0 Å². The molecule has 1 aromatic rings. The van der Waals surface area contributed by atoms with E-state index in [2.05, 4.69) is 21.7 Å². The van der Waals surface area contributed by atoms with Crippen LogP contribution in [0, 0.1) is 6.92 Å². The molecule has 2 aliphatic rings. The summed E-state index contributed by atoms with van der Waals surface area (Å²) in [5.74, 6) is 2.07. The lowest BCUT2D eigenvalue weighted by molar-refractivity contribution is 0.270. The Morgan fingerprint density at radius 3 is 2.54 bits per heavy atom. The number of likely N-dealkylation sites (N-methyl/N-ethyl adjacent to an activating group) is 1. The maximum absolute atomic E-state index is 11.7. The monoisotopic (exact) mass is 353 g/mol. The highest BCUT2D eigenvalue weighted by Gasteiger charge is 2.31. The topological polar surface area (TPSA) is 69.6 Å². The van der Waals surface area contributed by atoms with Crippen LogP contribution in [0.15, 0.2) is 6.07 Å². The molecule has 0 bridgehead atoms. The Hall–Kier alpha value is -1.41. The van der Waals surface area contributed by atoms with Gasteiger partial charge in [0.1, 0.15) is 5.82 Å². The van der Waals surface area contributed by atoms with Gasteiger partial charge in [-0.3, -0.25) is 0 Å². The van der Waals surface area contributed by atoms with Crippen molar-refractivity contribution in [3.63, 3.8) is 0 Å². The van der Waals surface area contributed by atoms with Gasteiger partial charge in [0.25, 0.3) is 0 Å². The number of piperazine rings is 1. The number of aryl methyl sites for hydroxylation is 1. The molecule has 0 saturated carbocycles. The minimum absolute atomic E-state index is 0.00842. The number of hydrogen-bond donors (Lipinski definition) is 0. The van der Waals surface area contributed by atoms with Crippen molar-refractivity contribution < 1.29 is 8.42 Å². The van der Waals surface area contributed by atoms with Gasteiger partial charge in [-0.2, -0.15) is 4.98 Å². The van der Waals surface area contributed by atoms with Gasteiger partial charge < -0.3 is 14.7 Å². The SMILES string of the molecule is CCN1CCN(c2nc(C)cc(N(C)C3CCS(=O)(=O)C3)n2)CC1. The van der Waals surface area contributed by atoms with E-state index in [1.54, 1.807) is 0 Å². The minimum Gasteiger partial charge on any atom is -0.355 e. The predicted octanol–water partition coefficient (Wildman–Crippen LogP) is 0.550. The summed E-state index contributed by atoms with van der Waals surface area (Å²) in [6.45, 7) is 9.14. The van der Waals surface area contributed by atoms with E-state index >= 15 is 0 Å². The highest BCUT2D eigenvalue weighted by atomic mass is 32.2. The Morgan fingerprint density at radius 2 is 1.96 bits per heavy atom. The lowest BCUT2D eigenvalue weighted by Gasteiger charge is -2.34. The van der Waals surface area contributed by atoms with E-state index in [0.29, 0.717) is 6.42 Å². The number of rotatable bonds is 4.